The molecule has 19 heavy (non-hydrogen) atoms. The van der Waals surface area contributed by atoms with E-state index in [0.717, 1.165) is 12.8 Å². The number of carbonyl (C=O) groups is 2. The fourth-order valence-electron chi connectivity index (χ4n) is 1.72. The highest BCUT2D eigenvalue weighted by atomic mass is 16.5. The molecule has 1 aliphatic carbocycles. The average molecular weight is 272 g/mol. The van der Waals surface area contributed by atoms with Crippen molar-refractivity contribution in [2.45, 2.75) is 39.2 Å². The lowest BCUT2D eigenvalue weighted by Crippen LogP contribution is -2.44. The number of hydrogen-bond donors (Lipinski definition) is 2. The summed E-state index contributed by atoms with van der Waals surface area (Å²) in [6.07, 6.45) is 2.49. The summed E-state index contributed by atoms with van der Waals surface area (Å²) in [5.41, 5.74) is -0.815. The first-order chi connectivity index (χ1) is 8.88. The van der Waals surface area contributed by atoms with Gasteiger partial charge in [-0.1, -0.05) is 0 Å². The third-order valence-electron chi connectivity index (χ3n) is 3.39. The van der Waals surface area contributed by atoms with Gasteiger partial charge in [-0.05, 0) is 33.1 Å². The van der Waals surface area contributed by atoms with Crippen molar-refractivity contribution in [3.05, 3.63) is 0 Å². The molecule has 0 unspecified atom stereocenters. The molecule has 1 fully saturated rings. The van der Waals surface area contributed by atoms with Crippen LogP contribution in [0, 0.1) is 5.41 Å². The second-order valence-electron chi connectivity index (χ2n) is 5.59. The maximum atomic E-state index is 12.0. The molecule has 0 bridgehead atoms. The second-order valence-corrected chi connectivity index (χ2v) is 5.59. The number of rotatable bonds is 8. The van der Waals surface area contributed by atoms with Crippen molar-refractivity contribution in [1.82, 2.24) is 10.2 Å². The van der Waals surface area contributed by atoms with E-state index in [-0.39, 0.29) is 6.03 Å². The van der Waals surface area contributed by atoms with Gasteiger partial charge < -0.3 is 20.1 Å². The number of aliphatic carboxylic acids is 1. The lowest BCUT2D eigenvalue weighted by atomic mass is 9.90. The van der Waals surface area contributed by atoms with E-state index in [4.69, 9.17) is 9.84 Å². The quantitative estimate of drug-likeness (QED) is 0.698. The van der Waals surface area contributed by atoms with Gasteiger partial charge in [-0.15, -0.1) is 0 Å². The van der Waals surface area contributed by atoms with E-state index in [1.54, 1.807) is 25.9 Å². The van der Waals surface area contributed by atoms with Crippen LogP contribution in [0.15, 0.2) is 0 Å². The zero-order valence-corrected chi connectivity index (χ0v) is 11.9. The molecule has 0 atom stereocenters. The normalized spacial score (nSPS) is 15.1. The highest BCUT2D eigenvalue weighted by Crippen LogP contribution is 2.26. The number of nitrogens with one attached hydrogen (secondary N) is 1. The van der Waals surface area contributed by atoms with Crippen LogP contribution in [0.1, 0.15) is 33.1 Å². The number of hydrogen-bond acceptors (Lipinski definition) is 3. The summed E-state index contributed by atoms with van der Waals surface area (Å²) in [7, 11) is 1.61. The number of amides is 2. The maximum Gasteiger partial charge on any atom is 0.317 e. The Morgan fingerprint density at radius 3 is 2.53 bits per heavy atom. The minimum absolute atomic E-state index is 0.124. The van der Waals surface area contributed by atoms with Crippen molar-refractivity contribution in [3.8, 4) is 0 Å². The van der Waals surface area contributed by atoms with Crippen molar-refractivity contribution in [3.63, 3.8) is 0 Å². The van der Waals surface area contributed by atoms with Gasteiger partial charge in [-0.3, -0.25) is 4.79 Å². The van der Waals surface area contributed by atoms with Crippen molar-refractivity contribution >= 4 is 12.0 Å². The number of carbonyl (C=O) groups excluding carboxylic acids is 1. The molecule has 0 aromatic rings. The number of carboxylic acids is 1. The zero-order valence-electron chi connectivity index (χ0n) is 11.9. The first-order valence-electron chi connectivity index (χ1n) is 6.65. The Morgan fingerprint density at radius 1 is 1.42 bits per heavy atom. The molecule has 0 saturated heterocycles. The molecule has 6 heteroatoms. The van der Waals surface area contributed by atoms with Crippen LogP contribution in [0.25, 0.3) is 0 Å². The van der Waals surface area contributed by atoms with Crippen LogP contribution in [0.3, 0.4) is 0 Å². The maximum absolute atomic E-state index is 12.0. The average Bonchev–Trinajstić information content (AvgIpc) is 3.13. The summed E-state index contributed by atoms with van der Waals surface area (Å²) in [6.45, 7) is 4.78. The predicted octanol–water partition coefficient (Wildman–Crippen LogP) is 1.31. The lowest BCUT2D eigenvalue weighted by molar-refractivity contribution is -0.147. The molecule has 0 aliphatic heterocycles. The number of urea groups is 1. The Bertz CT molecular complexity index is 327. The van der Waals surface area contributed by atoms with E-state index in [1.165, 1.54) is 0 Å². The highest BCUT2D eigenvalue weighted by Gasteiger charge is 2.32. The van der Waals surface area contributed by atoms with E-state index in [9.17, 15) is 9.59 Å². The van der Waals surface area contributed by atoms with Gasteiger partial charge in [0.15, 0.2) is 0 Å². The van der Waals surface area contributed by atoms with E-state index >= 15 is 0 Å². The van der Waals surface area contributed by atoms with Gasteiger partial charge in [0.2, 0.25) is 0 Å². The predicted molar refractivity (Wildman–Crippen MR) is 71.0 cm³/mol. The number of ether oxygens (including phenoxy) is 1. The van der Waals surface area contributed by atoms with Crippen molar-refractivity contribution in [2.24, 2.45) is 5.41 Å². The monoisotopic (exact) mass is 272 g/mol. The standard InChI is InChI=1S/C13H24N2O4/c1-13(2,11(16)17)6-7-14-12(18)15(8-9-19-3)10-4-5-10/h10H,4-9H2,1-3H3,(H,14,18)(H,16,17). The van der Waals surface area contributed by atoms with Gasteiger partial charge in [0.25, 0.3) is 0 Å². The summed E-state index contributed by atoms with van der Waals surface area (Å²) in [4.78, 5) is 24.7. The fraction of sp³-hybridized carbons (Fsp3) is 0.846. The smallest absolute Gasteiger partial charge is 0.317 e. The van der Waals surface area contributed by atoms with Gasteiger partial charge in [0.05, 0.1) is 12.0 Å². The van der Waals surface area contributed by atoms with E-state index < -0.39 is 11.4 Å². The highest BCUT2D eigenvalue weighted by molar-refractivity contribution is 5.75. The number of carboxylic acid groups (broad SMARTS) is 1. The Balaban J connectivity index is 2.34. The molecule has 1 aliphatic rings. The Labute approximate surface area is 114 Å². The molecule has 0 aromatic heterocycles. The Morgan fingerprint density at radius 2 is 2.05 bits per heavy atom. The van der Waals surface area contributed by atoms with E-state index in [2.05, 4.69) is 5.32 Å². The van der Waals surface area contributed by atoms with Crippen molar-refractivity contribution < 1.29 is 19.4 Å². The molecule has 1 rings (SSSR count). The van der Waals surface area contributed by atoms with Gasteiger partial charge in [-0.25, -0.2) is 4.79 Å². The molecule has 2 N–H and O–H groups in total. The van der Waals surface area contributed by atoms with Crippen LogP contribution >= 0.6 is 0 Å². The molecular formula is C13H24N2O4. The summed E-state index contributed by atoms with van der Waals surface area (Å²) >= 11 is 0. The molecule has 0 heterocycles. The van der Waals surface area contributed by atoms with E-state index in [0.29, 0.717) is 32.2 Å². The third kappa shape index (κ3) is 5.06. The summed E-state index contributed by atoms with van der Waals surface area (Å²) in [5.74, 6) is -0.847. The minimum atomic E-state index is -0.847. The van der Waals surface area contributed by atoms with Gasteiger partial charge in [0.1, 0.15) is 0 Å². The molecule has 110 valence electrons. The molecule has 0 spiro atoms. The van der Waals surface area contributed by atoms with Gasteiger partial charge in [0, 0.05) is 26.2 Å². The molecule has 2 amide bonds. The van der Waals surface area contributed by atoms with Crippen LogP contribution < -0.4 is 5.32 Å². The first kappa shape index (κ1) is 15.8. The van der Waals surface area contributed by atoms with Crippen molar-refractivity contribution in [1.29, 1.82) is 0 Å². The first-order valence-corrected chi connectivity index (χ1v) is 6.65. The van der Waals surface area contributed by atoms with Gasteiger partial charge in [-0.2, -0.15) is 0 Å². The second kappa shape index (κ2) is 6.75. The molecule has 0 radical (unpaired) electrons. The van der Waals surface area contributed by atoms with Crippen LogP contribution in [-0.4, -0.2) is 54.9 Å². The third-order valence-corrected chi connectivity index (χ3v) is 3.39. The number of methoxy groups -OCH3 is 1. The fourth-order valence-corrected chi connectivity index (χ4v) is 1.72. The van der Waals surface area contributed by atoms with Crippen LogP contribution in [-0.2, 0) is 9.53 Å². The number of nitrogens with zero attached hydrogens (tertiary/aromatic N) is 1. The minimum Gasteiger partial charge on any atom is -0.481 e. The lowest BCUT2D eigenvalue weighted by Gasteiger charge is -2.24. The molecular weight excluding hydrogens is 248 g/mol. The van der Waals surface area contributed by atoms with Gasteiger partial charge >= 0.3 is 12.0 Å². The van der Waals surface area contributed by atoms with Crippen molar-refractivity contribution in [2.75, 3.05) is 26.8 Å². The zero-order chi connectivity index (χ0) is 14.5. The Hall–Kier alpha value is -1.30. The SMILES string of the molecule is COCCN(C(=O)NCCC(C)(C)C(=O)O)C1CC1. The molecule has 6 nitrogen and oxygen atoms in total. The van der Waals surface area contributed by atoms with Crippen LogP contribution in [0.2, 0.25) is 0 Å². The van der Waals surface area contributed by atoms with E-state index in [1.807, 2.05) is 0 Å². The molecule has 1 saturated carbocycles. The summed E-state index contributed by atoms with van der Waals surface area (Å²) < 4.78 is 4.99. The molecule has 0 aromatic carbocycles. The summed E-state index contributed by atoms with van der Waals surface area (Å²) in [6, 6.07) is 0.198. The largest absolute Gasteiger partial charge is 0.481 e. The Kier molecular flexibility index (Phi) is 5.60. The van der Waals surface area contributed by atoms with Crippen LogP contribution in [0.5, 0.6) is 0 Å². The topological polar surface area (TPSA) is 78.9 Å². The van der Waals surface area contributed by atoms with Crippen LogP contribution in [0.4, 0.5) is 4.79 Å². The summed E-state index contributed by atoms with van der Waals surface area (Å²) in [5, 5.41) is 11.8.